The SMILES string of the molecule is C/C=C1/CCC[C@H](C)C1.CC. The molecule has 0 aromatic heterocycles. The van der Waals surface area contributed by atoms with Crippen LogP contribution in [0, 0.1) is 5.92 Å². The lowest BCUT2D eigenvalue weighted by Crippen LogP contribution is -2.03. The highest BCUT2D eigenvalue weighted by molar-refractivity contribution is 5.03. The van der Waals surface area contributed by atoms with Crippen LogP contribution in [0.4, 0.5) is 0 Å². The van der Waals surface area contributed by atoms with E-state index in [0.29, 0.717) is 0 Å². The van der Waals surface area contributed by atoms with Crippen LogP contribution >= 0.6 is 0 Å². The van der Waals surface area contributed by atoms with Crippen LogP contribution in [0.5, 0.6) is 0 Å². The number of rotatable bonds is 0. The Balaban J connectivity index is 0.000000461. The van der Waals surface area contributed by atoms with Gasteiger partial charge in [0.25, 0.3) is 0 Å². The van der Waals surface area contributed by atoms with Crippen molar-refractivity contribution in [2.45, 2.75) is 53.4 Å². The molecule has 0 nitrogen and oxygen atoms in total. The van der Waals surface area contributed by atoms with E-state index in [4.69, 9.17) is 0 Å². The van der Waals surface area contributed by atoms with Gasteiger partial charge in [0.15, 0.2) is 0 Å². The van der Waals surface area contributed by atoms with Gasteiger partial charge in [-0.3, -0.25) is 0 Å². The second kappa shape index (κ2) is 6.45. The van der Waals surface area contributed by atoms with Crippen molar-refractivity contribution in [3.8, 4) is 0 Å². The van der Waals surface area contributed by atoms with Crippen molar-refractivity contribution in [2.75, 3.05) is 0 Å². The first-order valence-corrected chi connectivity index (χ1v) is 4.97. The first-order chi connectivity index (χ1) is 5.33. The largest absolute Gasteiger partial charge is 0.0884 e. The lowest BCUT2D eigenvalue weighted by molar-refractivity contribution is 0.452. The predicted molar refractivity (Wildman–Crippen MR) is 52.7 cm³/mol. The molecular formula is C11H22. The van der Waals surface area contributed by atoms with Crippen molar-refractivity contribution in [1.29, 1.82) is 0 Å². The van der Waals surface area contributed by atoms with E-state index in [9.17, 15) is 0 Å². The summed E-state index contributed by atoms with van der Waals surface area (Å²) in [4.78, 5) is 0. The van der Waals surface area contributed by atoms with Crippen molar-refractivity contribution in [1.82, 2.24) is 0 Å². The molecule has 0 radical (unpaired) electrons. The van der Waals surface area contributed by atoms with Crippen LogP contribution < -0.4 is 0 Å². The molecule has 0 aromatic carbocycles. The summed E-state index contributed by atoms with van der Waals surface area (Å²) in [6, 6.07) is 0. The third kappa shape index (κ3) is 4.23. The molecule has 66 valence electrons. The Labute approximate surface area is 71.7 Å². The molecule has 1 rings (SSSR count). The summed E-state index contributed by atoms with van der Waals surface area (Å²) in [5, 5.41) is 0. The van der Waals surface area contributed by atoms with Crippen molar-refractivity contribution < 1.29 is 0 Å². The maximum Gasteiger partial charge on any atom is -0.0295 e. The summed E-state index contributed by atoms with van der Waals surface area (Å²) < 4.78 is 0. The number of allylic oxidation sites excluding steroid dienone is 2. The van der Waals surface area contributed by atoms with E-state index in [1.165, 1.54) is 25.7 Å². The fourth-order valence-electron chi connectivity index (χ4n) is 1.59. The van der Waals surface area contributed by atoms with Crippen molar-refractivity contribution in [3.05, 3.63) is 11.6 Å². The minimum atomic E-state index is 0.949. The van der Waals surface area contributed by atoms with E-state index in [2.05, 4.69) is 19.9 Å². The van der Waals surface area contributed by atoms with Gasteiger partial charge in [0.2, 0.25) is 0 Å². The van der Waals surface area contributed by atoms with Crippen molar-refractivity contribution in [3.63, 3.8) is 0 Å². The monoisotopic (exact) mass is 154 g/mol. The van der Waals surface area contributed by atoms with E-state index < -0.39 is 0 Å². The van der Waals surface area contributed by atoms with Gasteiger partial charge >= 0.3 is 0 Å². The average molecular weight is 154 g/mol. The van der Waals surface area contributed by atoms with Crippen LogP contribution in [0.3, 0.4) is 0 Å². The Hall–Kier alpha value is -0.260. The van der Waals surface area contributed by atoms with Crippen LogP contribution in [-0.2, 0) is 0 Å². The summed E-state index contributed by atoms with van der Waals surface area (Å²) in [5.41, 5.74) is 1.67. The normalized spacial score (nSPS) is 27.6. The molecule has 11 heavy (non-hydrogen) atoms. The molecule has 0 spiro atoms. The molecular weight excluding hydrogens is 132 g/mol. The molecule has 1 atom stereocenters. The van der Waals surface area contributed by atoms with Gasteiger partial charge in [-0.15, -0.1) is 0 Å². The average Bonchev–Trinajstić information content (AvgIpc) is 2.08. The van der Waals surface area contributed by atoms with E-state index >= 15 is 0 Å². The number of hydrogen-bond donors (Lipinski definition) is 0. The van der Waals surface area contributed by atoms with Crippen molar-refractivity contribution >= 4 is 0 Å². The van der Waals surface area contributed by atoms with Gasteiger partial charge in [-0.2, -0.15) is 0 Å². The fraction of sp³-hybridized carbons (Fsp3) is 0.818. The lowest BCUT2D eigenvalue weighted by Gasteiger charge is -2.19. The van der Waals surface area contributed by atoms with Gasteiger partial charge in [-0.1, -0.05) is 38.8 Å². The first kappa shape index (κ1) is 10.7. The minimum Gasteiger partial charge on any atom is -0.0884 e. The molecule has 0 unspecified atom stereocenters. The predicted octanol–water partition coefficient (Wildman–Crippen LogP) is 4.17. The molecule has 0 aliphatic heterocycles. The third-order valence-corrected chi connectivity index (χ3v) is 2.21. The number of hydrogen-bond acceptors (Lipinski definition) is 0. The summed E-state index contributed by atoms with van der Waals surface area (Å²) in [7, 11) is 0. The summed E-state index contributed by atoms with van der Waals surface area (Å²) in [5.74, 6) is 0.949. The topological polar surface area (TPSA) is 0 Å². The van der Waals surface area contributed by atoms with Gasteiger partial charge in [-0.05, 0) is 32.1 Å². The molecule has 1 aliphatic rings. The summed E-state index contributed by atoms with van der Waals surface area (Å²) in [6.07, 6.45) is 7.87. The molecule has 0 bridgehead atoms. The molecule has 0 heteroatoms. The maximum atomic E-state index is 2.35. The van der Waals surface area contributed by atoms with Crippen molar-refractivity contribution in [2.24, 2.45) is 5.92 Å². The van der Waals surface area contributed by atoms with Gasteiger partial charge in [0.1, 0.15) is 0 Å². The van der Waals surface area contributed by atoms with Crippen LogP contribution in [0.1, 0.15) is 53.4 Å². The van der Waals surface area contributed by atoms with Crippen LogP contribution in [0.25, 0.3) is 0 Å². The quantitative estimate of drug-likeness (QED) is 0.459. The Morgan fingerprint density at radius 3 is 2.36 bits per heavy atom. The van der Waals surface area contributed by atoms with Gasteiger partial charge in [0.05, 0.1) is 0 Å². The standard InChI is InChI=1S/C9H16.C2H6/c1-3-9-6-4-5-8(2)7-9;1-2/h3,8H,4-7H2,1-2H3;1-2H3/b9-3-;/t8-;/m0./s1. The van der Waals surface area contributed by atoms with Crippen LogP contribution in [-0.4, -0.2) is 0 Å². The Morgan fingerprint density at radius 1 is 1.36 bits per heavy atom. The maximum absolute atomic E-state index is 2.35. The molecule has 0 heterocycles. The smallest absolute Gasteiger partial charge is 0.0295 e. The Morgan fingerprint density at radius 2 is 2.00 bits per heavy atom. The molecule has 0 amide bonds. The summed E-state index contributed by atoms with van der Waals surface area (Å²) in [6.45, 7) is 8.51. The third-order valence-electron chi connectivity index (χ3n) is 2.21. The zero-order valence-corrected chi connectivity index (χ0v) is 8.48. The fourth-order valence-corrected chi connectivity index (χ4v) is 1.59. The minimum absolute atomic E-state index is 0.949. The van der Waals surface area contributed by atoms with Gasteiger partial charge in [0, 0.05) is 0 Å². The van der Waals surface area contributed by atoms with Crippen LogP contribution in [0.2, 0.25) is 0 Å². The molecule has 0 saturated heterocycles. The highest BCUT2D eigenvalue weighted by Crippen LogP contribution is 2.27. The molecule has 1 fully saturated rings. The summed E-state index contributed by atoms with van der Waals surface area (Å²) >= 11 is 0. The second-order valence-corrected chi connectivity index (χ2v) is 3.15. The molecule has 0 aromatic rings. The Bertz CT molecular complexity index is 111. The van der Waals surface area contributed by atoms with E-state index in [1.807, 2.05) is 13.8 Å². The van der Waals surface area contributed by atoms with Crippen LogP contribution in [0.15, 0.2) is 11.6 Å². The highest BCUT2D eigenvalue weighted by Gasteiger charge is 2.10. The van der Waals surface area contributed by atoms with E-state index in [-0.39, 0.29) is 0 Å². The molecule has 1 saturated carbocycles. The van der Waals surface area contributed by atoms with E-state index in [1.54, 1.807) is 5.57 Å². The highest BCUT2D eigenvalue weighted by atomic mass is 14.2. The molecule has 1 aliphatic carbocycles. The van der Waals surface area contributed by atoms with Gasteiger partial charge < -0.3 is 0 Å². The second-order valence-electron chi connectivity index (χ2n) is 3.15. The lowest BCUT2D eigenvalue weighted by atomic mass is 9.87. The Kier molecular flexibility index (Phi) is 6.30. The van der Waals surface area contributed by atoms with E-state index in [0.717, 1.165) is 5.92 Å². The zero-order chi connectivity index (χ0) is 8.69. The molecule has 0 N–H and O–H groups in total. The zero-order valence-electron chi connectivity index (χ0n) is 8.48. The van der Waals surface area contributed by atoms with Gasteiger partial charge in [-0.25, -0.2) is 0 Å². The first-order valence-electron chi connectivity index (χ1n) is 4.97.